The van der Waals surface area contributed by atoms with Gasteiger partial charge in [-0.1, -0.05) is 7.43 Å². The first-order valence-electron chi connectivity index (χ1n) is 0. The summed E-state index contributed by atoms with van der Waals surface area (Å²) in [4.78, 5) is 0. The first-order chi connectivity index (χ1) is 0. The van der Waals surface area contributed by atoms with Crippen LogP contribution in [0, 0.1) is 31.1 Å². The molecule has 0 aromatic heterocycles. The van der Waals surface area contributed by atoms with Crippen LogP contribution >= 0.6 is 0 Å². The van der Waals surface area contributed by atoms with Crippen LogP contribution in [0.25, 0.3) is 0 Å². The third kappa shape index (κ3) is 8.82. The summed E-state index contributed by atoms with van der Waals surface area (Å²) in [6.07, 6.45) is 0. The summed E-state index contributed by atoms with van der Waals surface area (Å²) in [5, 5.41) is 0. The number of halogens is 1. The molecular weight excluding hydrogens is 308 g/mol. The topological polar surface area (TPSA) is 0 Å². The van der Waals surface area contributed by atoms with E-state index in [-0.39, 0.29) is 96.1 Å². The van der Waals surface area contributed by atoms with Crippen molar-refractivity contribution in [3.8, 4) is 0 Å². The minimum Gasteiger partial charge on any atom is -0.269 e. The van der Waals surface area contributed by atoms with E-state index in [0.717, 1.165) is 0 Å². The quantitative estimate of drug-likeness (QED) is 0.576. The van der Waals surface area contributed by atoms with Crippen LogP contribution < -0.4 is 0 Å². The minimum absolute atomic E-state index is 0. The predicted octanol–water partition coefficient (Wildman–Crippen LogP) is 0.654. The van der Waals surface area contributed by atoms with Crippen molar-refractivity contribution in [2.75, 3.05) is 0 Å². The Bertz CT molecular complexity index is 11.6. The van der Waals surface area contributed by atoms with Crippen molar-refractivity contribution >= 4 is 51.4 Å². The monoisotopic (exact) mass is 316 g/mol. The Morgan fingerprint density at radius 1 is 1.25 bits per heavy atom. The smallest absolute Gasteiger partial charge is 0 e. The summed E-state index contributed by atoms with van der Waals surface area (Å²) in [5.41, 5.74) is 0. The summed E-state index contributed by atoms with van der Waals surface area (Å²) in [7, 11) is 0. The van der Waals surface area contributed by atoms with Crippen molar-refractivity contribution in [1.82, 2.24) is 0 Å². The Morgan fingerprint density at radius 2 is 1.25 bits per heavy atom. The number of rotatable bonds is 0. The molecule has 0 aromatic rings. The van der Waals surface area contributed by atoms with Crippen LogP contribution in [-0.4, -0.2) is 51.4 Å². The molecule has 0 nitrogen and oxygen atoms in total. The maximum atomic E-state index is 0. The van der Waals surface area contributed by atoms with Gasteiger partial charge in [0, 0.05) is 83.9 Å². The van der Waals surface area contributed by atoms with Gasteiger partial charge in [-0.25, -0.2) is 0 Å². The van der Waals surface area contributed by atoms with E-state index in [4.69, 9.17) is 0 Å². The molecule has 0 saturated carbocycles. The summed E-state index contributed by atoms with van der Waals surface area (Å²) in [6, 6.07) is 0. The fourth-order valence-electron chi connectivity index (χ4n) is 0. The van der Waals surface area contributed by atoms with Gasteiger partial charge < -0.3 is 0 Å². The molecule has 0 N–H and O–H groups in total. The van der Waals surface area contributed by atoms with E-state index in [0.29, 0.717) is 0 Å². The van der Waals surface area contributed by atoms with Crippen LogP contribution in [0.1, 0.15) is 8.85 Å². The fourth-order valence-corrected chi connectivity index (χ4v) is 0. The van der Waals surface area contributed by atoms with Gasteiger partial charge in [-0.05, 0) is 0 Å². The summed E-state index contributed by atoms with van der Waals surface area (Å²) >= 11 is 0. The molecule has 0 amide bonds. The molecule has 0 bridgehead atoms. The van der Waals surface area contributed by atoms with Gasteiger partial charge in [-0.15, -0.1) is 0 Å². The zero-order valence-corrected chi connectivity index (χ0v) is 9.20. The van der Waals surface area contributed by atoms with Crippen LogP contribution in [0.2, 0.25) is 0 Å². The van der Waals surface area contributed by atoms with Gasteiger partial charge in [0.2, 0.25) is 0 Å². The molecule has 3 heteroatoms. The maximum Gasteiger partial charge on any atom is 0 e. The van der Waals surface area contributed by atoms with Crippen molar-refractivity contribution in [3.05, 3.63) is 0 Å². The predicted molar refractivity (Wildman–Crippen MR) is 17.1 cm³/mol. The molecule has 0 unspecified atom stereocenters. The van der Waals surface area contributed by atoms with Gasteiger partial charge in [-0.2, -0.15) is 0 Å². The average Bonchev–Trinajstić information content (AvgIpc) is 0. The van der Waals surface area contributed by atoms with E-state index in [1.54, 1.807) is 0 Å². The van der Waals surface area contributed by atoms with Crippen molar-refractivity contribution < 1.29 is 37.2 Å². The van der Waals surface area contributed by atoms with Crippen molar-refractivity contribution in [3.63, 3.8) is 0 Å². The molecule has 0 atom stereocenters. The summed E-state index contributed by atoms with van der Waals surface area (Å²) in [5.74, 6) is 0. The van der Waals surface area contributed by atoms with Crippen molar-refractivity contribution in [1.29, 1.82) is 0 Å². The molecule has 0 aliphatic carbocycles. The molecule has 23 valence electrons. The first kappa shape index (κ1) is 30.5. The van der Waals surface area contributed by atoms with Gasteiger partial charge in [0.1, 0.15) is 0 Å². The molecular formula is CH7FKU. The molecule has 0 aromatic carbocycles. The van der Waals surface area contributed by atoms with Crippen LogP contribution in [0.3, 0.4) is 0 Å². The molecule has 0 fully saturated rings. The Balaban J connectivity index is 0. The Morgan fingerprint density at radius 3 is 1.25 bits per heavy atom. The van der Waals surface area contributed by atoms with Gasteiger partial charge >= 0.3 is 0 Å². The van der Waals surface area contributed by atoms with Gasteiger partial charge in [0.15, 0.2) is 0 Å². The third-order valence-corrected chi connectivity index (χ3v) is 0. The van der Waals surface area contributed by atoms with Crippen LogP contribution in [-0.2, 0) is 0 Å². The second-order valence-electron chi connectivity index (χ2n) is 0. The first-order valence-corrected chi connectivity index (χ1v) is 0. The molecule has 0 aliphatic rings. The average molecular weight is 316 g/mol. The molecule has 0 heterocycles. The Labute approximate surface area is 93.8 Å². The summed E-state index contributed by atoms with van der Waals surface area (Å²) in [6.45, 7) is 0. The SMILES string of the molecule is C.F.[2HH].[K].[U]. The van der Waals surface area contributed by atoms with Gasteiger partial charge in [-0.3, -0.25) is 4.70 Å². The van der Waals surface area contributed by atoms with E-state index < -0.39 is 0 Å². The molecule has 0 spiro atoms. The molecule has 0 saturated heterocycles. The zero-order valence-electron chi connectivity index (χ0n) is 1.91. The Hall–Kier alpha value is 2.62. The molecule has 4 heavy (non-hydrogen) atoms. The minimum atomic E-state index is 0. The standard InChI is InChI=1S/CH4.FH.K.U.H2/h1H4;1H;;;1H/i;;;;1+1. The number of hydrogen-bond donors (Lipinski definition) is 0. The second-order valence-corrected chi connectivity index (χ2v) is 0. The van der Waals surface area contributed by atoms with Crippen LogP contribution in [0.4, 0.5) is 4.70 Å². The van der Waals surface area contributed by atoms with Crippen LogP contribution in [0.15, 0.2) is 0 Å². The van der Waals surface area contributed by atoms with E-state index in [2.05, 4.69) is 0 Å². The largest absolute Gasteiger partial charge is 0.269 e. The van der Waals surface area contributed by atoms with Crippen LogP contribution in [0.5, 0.6) is 0 Å². The number of hydrogen-bond acceptors (Lipinski definition) is 0. The molecule has 0 aliphatic heterocycles. The Kier molecular flexibility index (Phi) is 133. The van der Waals surface area contributed by atoms with Gasteiger partial charge in [0.25, 0.3) is 0 Å². The van der Waals surface area contributed by atoms with Crippen molar-refractivity contribution in [2.45, 2.75) is 7.43 Å². The molecule has 1 radical (unpaired) electrons. The van der Waals surface area contributed by atoms with E-state index in [9.17, 15) is 0 Å². The van der Waals surface area contributed by atoms with E-state index in [1.165, 1.54) is 0 Å². The fraction of sp³-hybridized carbons (Fsp3) is 1.00. The van der Waals surface area contributed by atoms with Gasteiger partial charge in [0.05, 0.1) is 0 Å². The van der Waals surface area contributed by atoms with E-state index in [1.807, 2.05) is 0 Å². The van der Waals surface area contributed by atoms with E-state index >= 15 is 0 Å². The van der Waals surface area contributed by atoms with Crippen molar-refractivity contribution in [2.24, 2.45) is 0 Å². The zero-order chi connectivity index (χ0) is 0. The molecule has 0 rings (SSSR count). The maximum absolute atomic E-state index is 0. The third-order valence-electron chi connectivity index (χ3n) is 0. The summed E-state index contributed by atoms with van der Waals surface area (Å²) < 4.78 is 0. The second kappa shape index (κ2) is 17.5. The normalized spacial score (nSPS) is 0.